The molecule has 0 aromatic heterocycles. The van der Waals surface area contributed by atoms with Crippen LogP contribution in [0.2, 0.25) is 0 Å². The minimum Gasteiger partial charge on any atom is -0.0619 e. The lowest BCUT2D eigenvalue weighted by Gasteiger charge is -2.35. The molecule has 0 amide bonds. The van der Waals surface area contributed by atoms with E-state index in [4.69, 9.17) is 0 Å². The lowest BCUT2D eigenvalue weighted by Crippen LogP contribution is -2.24. The van der Waals surface area contributed by atoms with E-state index in [2.05, 4.69) is 92.7 Å². The zero-order valence-electron chi connectivity index (χ0n) is 14.8. The molecule has 5 rings (SSSR count). The lowest BCUT2D eigenvalue weighted by molar-refractivity contribution is 0.390. The molecule has 0 N–H and O–H groups in total. The van der Waals surface area contributed by atoms with Gasteiger partial charge in [0.15, 0.2) is 0 Å². The fourth-order valence-corrected chi connectivity index (χ4v) is 4.81. The monoisotopic (exact) mass is 322 g/mol. The maximum absolute atomic E-state index is 2.43. The summed E-state index contributed by atoms with van der Waals surface area (Å²) in [4.78, 5) is 0. The largest absolute Gasteiger partial charge is 0.0619 e. The fraction of sp³-hybridized carbons (Fsp3) is 0.200. The van der Waals surface area contributed by atoms with Crippen LogP contribution in [0, 0.1) is 5.41 Å². The van der Waals surface area contributed by atoms with E-state index in [0.29, 0.717) is 5.92 Å². The number of benzene rings is 3. The lowest BCUT2D eigenvalue weighted by atomic mass is 9.68. The van der Waals surface area contributed by atoms with Crippen molar-refractivity contribution >= 4 is 6.08 Å². The highest BCUT2D eigenvalue weighted by Gasteiger charge is 2.42. The summed E-state index contributed by atoms with van der Waals surface area (Å²) < 4.78 is 0. The van der Waals surface area contributed by atoms with Crippen molar-refractivity contribution in [1.29, 1.82) is 0 Å². The third-order valence-electron chi connectivity index (χ3n) is 6.15. The van der Waals surface area contributed by atoms with Crippen molar-refractivity contribution in [3.8, 4) is 11.1 Å². The van der Waals surface area contributed by atoms with Gasteiger partial charge in [-0.05, 0) is 45.2 Å². The zero-order valence-corrected chi connectivity index (χ0v) is 14.8. The van der Waals surface area contributed by atoms with Crippen LogP contribution in [-0.2, 0) is 6.42 Å². The summed E-state index contributed by atoms with van der Waals surface area (Å²) in [5.41, 5.74) is 10.3. The van der Waals surface area contributed by atoms with Crippen LogP contribution < -0.4 is 0 Å². The van der Waals surface area contributed by atoms with Crippen LogP contribution in [0.1, 0.15) is 42.0 Å². The summed E-state index contributed by atoms with van der Waals surface area (Å²) in [5.74, 6) is 0.417. The van der Waals surface area contributed by atoms with E-state index < -0.39 is 0 Å². The molecule has 0 atom stereocenters. The molecule has 3 aromatic carbocycles. The average molecular weight is 322 g/mol. The molecule has 0 saturated carbocycles. The van der Waals surface area contributed by atoms with E-state index >= 15 is 0 Å². The summed E-state index contributed by atoms with van der Waals surface area (Å²) in [6.07, 6.45) is 3.50. The Kier molecular flexibility index (Phi) is 3.06. The molecule has 0 heterocycles. The second kappa shape index (κ2) is 5.20. The molecular weight excluding hydrogens is 300 g/mol. The van der Waals surface area contributed by atoms with Crippen LogP contribution in [0.4, 0.5) is 0 Å². The highest BCUT2D eigenvalue weighted by Crippen LogP contribution is 2.56. The molecular formula is C25H22. The fourth-order valence-electron chi connectivity index (χ4n) is 4.81. The number of rotatable bonds is 2. The van der Waals surface area contributed by atoms with Gasteiger partial charge in [-0.3, -0.25) is 0 Å². The Balaban J connectivity index is 1.66. The number of allylic oxidation sites excluding steroid dienone is 1. The minimum absolute atomic E-state index is 0.0850. The van der Waals surface area contributed by atoms with E-state index in [1.54, 1.807) is 5.57 Å². The summed E-state index contributed by atoms with van der Waals surface area (Å²) in [6.45, 7) is 4.85. The van der Waals surface area contributed by atoms with Crippen LogP contribution in [0.25, 0.3) is 17.2 Å². The zero-order chi connectivity index (χ0) is 17.0. The Labute approximate surface area is 149 Å². The smallest absolute Gasteiger partial charge is 0.0190 e. The summed E-state index contributed by atoms with van der Waals surface area (Å²) >= 11 is 0. The van der Waals surface area contributed by atoms with E-state index in [1.807, 2.05) is 0 Å². The van der Waals surface area contributed by atoms with Crippen LogP contribution in [0.3, 0.4) is 0 Å². The quantitative estimate of drug-likeness (QED) is 0.507. The summed E-state index contributed by atoms with van der Waals surface area (Å²) in [7, 11) is 0. The first-order valence-corrected chi connectivity index (χ1v) is 9.13. The van der Waals surface area contributed by atoms with Crippen molar-refractivity contribution in [2.75, 3.05) is 0 Å². The van der Waals surface area contributed by atoms with Crippen LogP contribution in [-0.4, -0.2) is 0 Å². The van der Waals surface area contributed by atoms with Gasteiger partial charge in [0, 0.05) is 5.92 Å². The van der Waals surface area contributed by atoms with Crippen molar-refractivity contribution in [1.82, 2.24) is 0 Å². The second-order valence-electron chi connectivity index (χ2n) is 7.87. The van der Waals surface area contributed by atoms with E-state index in [1.165, 1.54) is 33.4 Å². The Bertz CT molecular complexity index is 958. The summed E-state index contributed by atoms with van der Waals surface area (Å²) in [5, 5.41) is 0. The molecule has 0 bridgehead atoms. The highest BCUT2D eigenvalue weighted by atomic mass is 14.4. The average Bonchev–Trinajstić information content (AvgIpc) is 3.22. The second-order valence-corrected chi connectivity index (χ2v) is 7.87. The third-order valence-corrected chi connectivity index (χ3v) is 6.15. The van der Waals surface area contributed by atoms with E-state index in [0.717, 1.165) is 6.42 Å². The molecule has 0 unspecified atom stereocenters. The first kappa shape index (κ1) is 14.7. The van der Waals surface area contributed by atoms with Gasteiger partial charge in [-0.1, -0.05) is 98.3 Å². The maximum Gasteiger partial charge on any atom is 0.0190 e. The third kappa shape index (κ3) is 2.07. The van der Waals surface area contributed by atoms with Crippen molar-refractivity contribution in [3.05, 3.63) is 101 Å². The SMILES string of the molecule is CC(C)(C1=Cc2ccccc2C1)C1c2ccccc2-c2ccccc21. The number of hydrogen-bond donors (Lipinski definition) is 0. The Morgan fingerprint density at radius 3 is 1.92 bits per heavy atom. The highest BCUT2D eigenvalue weighted by molar-refractivity contribution is 5.80. The summed E-state index contributed by atoms with van der Waals surface area (Å²) in [6, 6.07) is 26.7. The topological polar surface area (TPSA) is 0 Å². The van der Waals surface area contributed by atoms with Gasteiger partial charge >= 0.3 is 0 Å². The van der Waals surface area contributed by atoms with Crippen LogP contribution in [0.5, 0.6) is 0 Å². The molecule has 0 aliphatic heterocycles. The molecule has 0 radical (unpaired) electrons. The molecule has 3 aromatic rings. The van der Waals surface area contributed by atoms with E-state index in [9.17, 15) is 0 Å². The predicted octanol–water partition coefficient (Wildman–Crippen LogP) is 6.46. The Morgan fingerprint density at radius 1 is 0.720 bits per heavy atom. The Morgan fingerprint density at radius 2 is 1.28 bits per heavy atom. The van der Waals surface area contributed by atoms with Gasteiger partial charge in [0.25, 0.3) is 0 Å². The molecule has 2 aliphatic rings. The van der Waals surface area contributed by atoms with Gasteiger partial charge in [0.05, 0.1) is 0 Å². The molecule has 2 aliphatic carbocycles. The normalized spacial score (nSPS) is 15.5. The molecule has 0 spiro atoms. The molecule has 25 heavy (non-hydrogen) atoms. The van der Waals surface area contributed by atoms with Crippen LogP contribution >= 0.6 is 0 Å². The van der Waals surface area contributed by atoms with E-state index in [-0.39, 0.29) is 5.41 Å². The number of fused-ring (bicyclic) bond motifs is 4. The number of hydrogen-bond acceptors (Lipinski definition) is 0. The van der Waals surface area contributed by atoms with Crippen molar-refractivity contribution < 1.29 is 0 Å². The van der Waals surface area contributed by atoms with Gasteiger partial charge in [-0.25, -0.2) is 0 Å². The molecule has 0 saturated heterocycles. The minimum atomic E-state index is 0.0850. The molecule has 0 heteroatoms. The molecule has 0 nitrogen and oxygen atoms in total. The van der Waals surface area contributed by atoms with Gasteiger partial charge in [-0.2, -0.15) is 0 Å². The van der Waals surface area contributed by atoms with Crippen molar-refractivity contribution in [3.63, 3.8) is 0 Å². The maximum atomic E-state index is 2.43. The molecule has 0 fully saturated rings. The van der Waals surface area contributed by atoms with Crippen molar-refractivity contribution in [2.45, 2.75) is 26.2 Å². The van der Waals surface area contributed by atoms with Gasteiger partial charge in [-0.15, -0.1) is 0 Å². The van der Waals surface area contributed by atoms with Crippen molar-refractivity contribution in [2.24, 2.45) is 5.41 Å². The van der Waals surface area contributed by atoms with Crippen LogP contribution in [0.15, 0.2) is 78.4 Å². The van der Waals surface area contributed by atoms with Gasteiger partial charge in [0.1, 0.15) is 0 Å². The predicted molar refractivity (Wildman–Crippen MR) is 106 cm³/mol. The Hall–Kier alpha value is -2.60. The standard InChI is InChI=1S/C25H22/c1-25(2,19-15-17-9-3-4-10-18(17)16-19)24-22-13-7-5-11-20(22)21-12-6-8-14-23(21)24/h3-15,24H,16H2,1-2H3. The molecule has 122 valence electrons. The van der Waals surface area contributed by atoms with Gasteiger partial charge in [0.2, 0.25) is 0 Å². The van der Waals surface area contributed by atoms with Gasteiger partial charge < -0.3 is 0 Å². The first-order chi connectivity index (χ1) is 12.2. The first-order valence-electron chi connectivity index (χ1n) is 9.13.